The van der Waals surface area contributed by atoms with Crippen LogP contribution in [0.2, 0.25) is 5.28 Å². The second kappa shape index (κ2) is 5.65. The van der Waals surface area contributed by atoms with Crippen molar-refractivity contribution in [1.29, 1.82) is 0 Å². The number of rotatable bonds is 3. The Labute approximate surface area is 131 Å². The van der Waals surface area contributed by atoms with E-state index in [0.29, 0.717) is 33.9 Å². The van der Waals surface area contributed by atoms with E-state index < -0.39 is 0 Å². The van der Waals surface area contributed by atoms with E-state index in [0.717, 1.165) is 5.56 Å². The van der Waals surface area contributed by atoms with Crippen LogP contribution in [0.25, 0.3) is 22.2 Å². The maximum Gasteiger partial charge on any atom is 0.224 e. The number of methoxy groups -OCH3 is 2. The molecule has 2 heterocycles. The molecular weight excluding hydrogens is 304 g/mol. The van der Waals surface area contributed by atoms with E-state index in [4.69, 9.17) is 26.8 Å². The second-order valence-electron chi connectivity index (χ2n) is 4.57. The zero-order chi connectivity index (χ0) is 15.7. The van der Waals surface area contributed by atoms with Gasteiger partial charge in [0, 0.05) is 17.0 Å². The standard InChI is InChI=1S/C15H13ClN4O2/c1-21-9-3-8(4-10(5-9)22-2)12-6-11-13(7-18-12)19-15(16)20-14(11)17/h3-7H,1-2H3,(H2,17,19,20). The van der Waals surface area contributed by atoms with Crippen LogP contribution in [0.1, 0.15) is 0 Å². The molecule has 0 bridgehead atoms. The molecule has 6 nitrogen and oxygen atoms in total. The highest BCUT2D eigenvalue weighted by atomic mass is 35.5. The number of hydrogen-bond donors (Lipinski definition) is 1. The van der Waals surface area contributed by atoms with Crippen molar-refractivity contribution < 1.29 is 9.47 Å². The number of ether oxygens (including phenoxy) is 2. The van der Waals surface area contributed by atoms with E-state index in [1.807, 2.05) is 18.2 Å². The second-order valence-corrected chi connectivity index (χ2v) is 4.90. The van der Waals surface area contributed by atoms with Crippen LogP contribution in [-0.2, 0) is 0 Å². The SMILES string of the molecule is COc1cc(OC)cc(-c2cc3c(N)nc(Cl)nc3cn2)c1. The number of nitrogens with two attached hydrogens (primary N) is 1. The Balaban J connectivity index is 2.18. The van der Waals surface area contributed by atoms with Gasteiger partial charge in [-0.1, -0.05) is 0 Å². The van der Waals surface area contributed by atoms with Crippen molar-refractivity contribution in [1.82, 2.24) is 15.0 Å². The number of nitrogens with zero attached hydrogens (tertiary/aromatic N) is 3. The van der Waals surface area contributed by atoms with E-state index in [-0.39, 0.29) is 5.28 Å². The highest BCUT2D eigenvalue weighted by Crippen LogP contribution is 2.30. The number of aromatic nitrogens is 3. The summed E-state index contributed by atoms with van der Waals surface area (Å²) in [6.45, 7) is 0. The Morgan fingerprint density at radius 3 is 2.32 bits per heavy atom. The maximum atomic E-state index is 5.90. The molecule has 22 heavy (non-hydrogen) atoms. The van der Waals surface area contributed by atoms with Crippen LogP contribution >= 0.6 is 11.6 Å². The number of nitrogen functional groups attached to an aromatic ring is 1. The molecular formula is C15H13ClN4O2. The molecule has 0 fully saturated rings. The van der Waals surface area contributed by atoms with Gasteiger partial charge in [-0.25, -0.2) is 9.97 Å². The van der Waals surface area contributed by atoms with Crippen molar-refractivity contribution >= 4 is 28.3 Å². The Bertz CT molecular complexity index is 832. The van der Waals surface area contributed by atoms with Gasteiger partial charge in [0.2, 0.25) is 5.28 Å². The molecule has 0 saturated carbocycles. The van der Waals surface area contributed by atoms with Gasteiger partial charge in [0.25, 0.3) is 0 Å². The Morgan fingerprint density at radius 1 is 1.00 bits per heavy atom. The summed E-state index contributed by atoms with van der Waals surface area (Å²) in [6.07, 6.45) is 1.61. The molecule has 0 aliphatic heterocycles. The summed E-state index contributed by atoms with van der Waals surface area (Å²) < 4.78 is 10.5. The van der Waals surface area contributed by atoms with Gasteiger partial charge in [-0.2, -0.15) is 0 Å². The molecule has 2 N–H and O–H groups in total. The molecule has 1 aromatic carbocycles. The summed E-state index contributed by atoms with van der Waals surface area (Å²) in [5.41, 5.74) is 8.05. The monoisotopic (exact) mass is 316 g/mol. The van der Waals surface area contributed by atoms with Gasteiger partial charge in [0.1, 0.15) is 17.3 Å². The zero-order valence-corrected chi connectivity index (χ0v) is 12.8. The Hall–Kier alpha value is -2.60. The van der Waals surface area contributed by atoms with E-state index in [2.05, 4.69) is 15.0 Å². The molecule has 0 aliphatic carbocycles. The van der Waals surface area contributed by atoms with E-state index in [1.54, 1.807) is 26.5 Å². The minimum atomic E-state index is 0.0996. The molecule has 112 valence electrons. The van der Waals surface area contributed by atoms with Gasteiger partial charge in [0.05, 0.1) is 31.6 Å². The third kappa shape index (κ3) is 2.60. The summed E-state index contributed by atoms with van der Waals surface area (Å²) in [4.78, 5) is 12.5. The highest BCUT2D eigenvalue weighted by molar-refractivity contribution is 6.28. The number of pyridine rings is 1. The maximum absolute atomic E-state index is 5.90. The average Bonchev–Trinajstić information content (AvgIpc) is 2.53. The molecule has 0 amide bonds. The van der Waals surface area contributed by atoms with Gasteiger partial charge in [-0.15, -0.1) is 0 Å². The first kappa shape index (κ1) is 14.3. The third-order valence-electron chi connectivity index (χ3n) is 3.23. The van der Waals surface area contributed by atoms with Gasteiger partial charge in [0.15, 0.2) is 0 Å². The lowest BCUT2D eigenvalue weighted by atomic mass is 10.1. The van der Waals surface area contributed by atoms with Crippen molar-refractivity contribution in [2.75, 3.05) is 20.0 Å². The first-order chi connectivity index (χ1) is 10.6. The normalized spacial score (nSPS) is 10.7. The summed E-state index contributed by atoms with van der Waals surface area (Å²) >= 11 is 5.80. The highest BCUT2D eigenvalue weighted by Gasteiger charge is 2.09. The number of fused-ring (bicyclic) bond motifs is 1. The van der Waals surface area contributed by atoms with Crippen molar-refractivity contribution in [3.8, 4) is 22.8 Å². The van der Waals surface area contributed by atoms with E-state index >= 15 is 0 Å². The quantitative estimate of drug-likeness (QED) is 0.748. The van der Waals surface area contributed by atoms with Crippen molar-refractivity contribution in [3.05, 3.63) is 35.7 Å². The predicted molar refractivity (Wildman–Crippen MR) is 85.3 cm³/mol. The molecule has 0 aliphatic rings. The Morgan fingerprint density at radius 2 is 1.68 bits per heavy atom. The van der Waals surface area contributed by atoms with Crippen LogP contribution in [0.4, 0.5) is 5.82 Å². The molecule has 0 spiro atoms. The fourth-order valence-corrected chi connectivity index (χ4v) is 2.32. The minimum Gasteiger partial charge on any atom is -0.497 e. The number of benzene rings is 1. The molecule has 2 aromatic heterocycles. The molecule has 0 saturated heterocycles. The van der Waals surface area contributed by atoms with Crippen LogP contribution in [-0.4, -0.2) is 29.2 Å². The fourth-order valence-electron chi connectivity index (χ4n) is 2.14. The third-order valence-corrected chi connectivity index (χ3v) is 3.40. The van der Waals surface area contributed by atoms with Crippen molar-refractivity contribution in [2.24, 2.45) is 0 Å². The topological polar surface area (TPSA) is 83.2 Å². The van der Waals surface area contributed by atoms with Crippen LogP contribution in [0, 0.1) is 0 Å². The largest absolute Gasteiger partial charge is 0.497 e. The van der Waals surface area contributed by atoms with Crippen LogP contribution in [0.3, 0.4) is 0 Å². The summed E-state index contributed by atoms with van der Waals surface area (Å²) in [6, 6.07) is 7.34. The number of hydrogen-bond acceptors (Lipinski definition) is 6. The van der Waals surface area contributed by atoms with Gasteiger partial charge in [-0.05, 0) is 29.8 Å². The van der Waals surface area contributed by atoms with Crippen LogP contribution < -0.4 is 15.2 Å². The first-order valence-electron chi connectivity index (χ1n) is 6.43. The lowest BCUT2D eigenvalue weighted by Crippen LogP contribution is -1.97. The summed E-state index contributed by atoms with van der Waals surface area (Å²) in [7, 11) is 3.19. The molecule has 0 radical (unpaired) electrons. The number of anilines is 1. The molecule has 3 aromatic rings. The van der Waals surface area contributed by atoms with Gasteiger partial charge < -0.3 is 15.2 Å². The molecule has 3 rings (SSSR count). The van der Waals surface area contributed by atoms with E-state index in [9.17, 15) is 0 Å². The van der Waals surface area contributed by atoms with Crippen molar-refractivity contribution in [3.63, 3.8) is 0 Å². The first-order valence-corrected chi connectivity index (χ1v) is 6.80. The summed E-state index contributed by atoms with van der Waals surface area (Å²) in [5, 5.41) is 0.791. The van der Waals surface area contributed by atoms with Gasteiger partial charge >= 0.3 is 0 Å². The minimum absolute atomic E-state index is 0.0996. The van der Waals surface area contributed by atoms with Crippen LogP contribution in [0.15, 0.2) is 30.5 Å². The molecule has 7 heteroatoms. The van der Waals surface area contributed by atoms with Gasteiger partial charge in [-0.3, -0.25) is 4.98 Å². The lowest BCUT2D eigenvalue weighted by Gasteiger charge is -2.09. The number of halogens is 1. The Kier molecular flexibility index (Phi) is 3.68. The zero-order valence-electron chi connectivity index (χ0n) is 12.0. The fraction of sp³-hybridized carbons (Fsp3) is 0.133. The lowest BCUT2D eigenvalue weighted by molar-refractivity contribution is 0.394. The van der Waals surface area contributed by atoms with Crippen molar-refractivity contribution in [2.45, 2.75) is 0 Å². The average molecular weight is 317 g/mol. The van der Waals surface area contributed by atoms with E-state index in [1.165, 1.54) is 0 Å². The molecule has 0 unspecified atom stereocenters. The predicted octanol–water partition coefficient (Wildman–Crippen LogP) is 2.94. The molecule has 0 atom stereocenters. The summed E-state index contributed by atoms with van der Waals surface area (Å²) in [5.74, 6) is 1.67. The van der Waals surface area contributed by atoms with Crippen LogP contribution in [0.5, 0.6) is 11.5 Å². The smallest absolute Gasteiger partial charge is 0.224 e.